The van der Waals surface area contributed by atoms with Crippen LogP contribution in [-0.4, -0.2) is 189 Å². The molecule has 29 nitrogen and oxygen atoms in total. The van der Waals surface area contributed by atoms with Gasteiger partial charge in [-0.3, -0.25) is 52.7 Å². The van der Waals surface area contributed by atoms with Gasteiger partial charge in [-0.05, 0) is 135 Å². The van der Waals surface area contributed by atoms with E-state index in [-0.39, 0.29) is 88.9 Å². The average Bonchev–Trinajstić information content (AvgIpc) is 3.64. The van der Waals surface area contributed by atoms with Gasteiger partial charge in [0.2, 0.25) is 65.0 Å². The van der Waals surface area contributed by atoms with Crippen molar-refractivity contribution < 1.29 is 57.8 Å². The van der Waals surface area contributed by atoms with Crippen LogP contribution in [0.15, 0.2) is 43.0 Å². The predicted octanol–water partition coefficient (Wildman–Crippen LogP) is -6.27. The number of piperidine rings is 1. The Morgan fingerprint density at radius 2 is 1.11 bits per heavy atom. The summed E-state index contributed by atoms with van der Waals surface area (Å²) in [4.78, 5) is 154. The lowest BCUT2D eigenvalue weighted by atomic mass is 9.96. The van der Waals surface area contributed by atoms with Gasteiger partial charge in [0.05, 0.1) is 6.10 Å². The van der Waals surface area contributed by atoms with E-state index in [0.717, 1.165) is 6.08 Å². The van der Waals surface area contributed by atoms with Crippen LogP contribution >= 0.6 is 0 Å². The largest absolute Gasteiger partial charge is 0.391 e. The molecule has 2 fully saturated rings. The van der Waals surface area contributed by atoms with Crippen molar-refractivity contribution in [1.82, 2.24) is 63.8 Å². The molecule has 84 heavy (non-hydrogen) atoms. The molecule has 1 unspecified atom stereocenters. The molecule has 2 aliphatic rings. The number of amides is 11. The van der Waals surface area contributed by atoms with Crippen LogP contribution < -0.4 is 92.5 Å². The first kappa shape index (κ1) is 71.1. The van der Waals surface area contributed by atoms with Gasteiger partial charge in [0.15, 0.2) is 0 Å². The molecule has 0 bridgehead atoms. The molecule has 0 aromatic heterocycles. The molecule has 470 valence electrons. The van der Waals surface area contributed by atoms with E-state index in [1.807, 2.05) is 0 Å². The molecule has 3 rings (SSSR count). The van der Waals surface area contributed by atoms with Crippen molar-refractivity contribution >= 4 is 65.0 Å². The van der Waals surface area contributed by atoms with Gasteiger partial charge >= 0.3 is 0 Å². The first-order valence-corrected chi connectivity index (χ1v) is 29.0. The molecule has 11 amide bonds. The Bertz CT molecular complexity index is 2340. The van der Waals surface area contributed by atoms with E-state index in [9.17, 15) is 57.8 Å². The van der Waals surface area contributed by atoms with E-state index in [4.69, 9.17) is 28.7 Å². The maximum Gasteiger partial charge on any atom is 0.247 e. The number of benzene rings is 1. The van der Waals surface area contributed by atoms with Gasteiger partial charge in [0, 0.05) is 18.9 Å². The summed E-state index contributed by atoms with van der Waals surface area (Å²) >= 11 is 0. The van der Waals surface area contributed by atoms with Gasteiger partial charge in [0.1, 0.15) is 60.4 Å². The van der Waals surface area contributed by atoms with Gasteiger partial charge in [-0.2, -0.15) is 0 Å². The molecule has 1 aromatic carbocycles. The zero-order valence-corrected chi connectivity index (χ0v) is 48.6. The van der Waals surface area contributed by atoms with Crippen LogP contribution in [0.1, 0.15) is 97.0 Å². The lowest BCUT2D eigenvalue weighted by Gasteiger charge is -2.28. The lowest BCUT2D eigenvalue weighted by Crippen LogP contribution is -2.61. The molecular weight excluding hydrogens is 1090 g/mol. The number of hydrogen-bond donors (Lipinski definition) is 18. The van der Waals surface area contributed by atoms with Gasteiger partial charge in [0.25, 0.3) is 0 Å². The molecule has 0 aliphatic carbocycles. The Kier molecular flexibility index (Phi) is 32.1. The van der Waals surface area contributed by atoms with Crippen molar-refractivity contribution in [3.8, 4) is 0 Å². The second-order valence-electron chi connectivity index (χ2n) is 21.5. The SMILES string of the molecule is C=C[C@H](NC(=O)[C@H](CCCCN)NC(=O)C1CCNCC1)C(=O)N[C@@H](CCN)C(=O)N[C@H]1CCNC(=O)[C@H](C(C)O)NC(=O)[C@H](CCN)NC(=O)[C@H](CCN)NC(=O)[C@H](CC(C)C)NC(=O)[C@@H](Cc2ccccc2)NC(=O)[C@H](CCN)NC1=O. The van der Waals surface area contributed by atoms with E-state index in [1.54, 1.807) is 44.2 Å². The minimum atomic E-state index is -1.67. The summed E-state index contributed by atoms with van der Waals surface area (Å²) < 4.78 is 0. The number of aliphatic hydroxyl groups is 1. The third kappa shape index (κ3) is 24.2. The summed E-state index contributed by atoms with van der Waals surface area (Å²) in [6.07, 6.45) is 0.767. The number of unbranched alkanes of at least 4 members (excludes halogenated alkanes) is 1. The number of hydrogen-bond acceptors (Lipinski definition) is 18. The summed E-state index contributed by atoms with van der Waals surface area (Å²) in [5.74, 6) is -9.70. The van der Waals surface area contributed by atoms with Crippen LogP contribution in [-0.2, 0) is 59.2 Å². The minimum Gasteiger partial charge on any atom is -0.391 e. The quantitative estimate of drug-likeness (QED) is 0.0303. The second kappa shape index (κ2) is 37.9. The Morgan fingerprint density at radius 3 is 1.64 bits per heavy atom. The van der Waals surface area contributed by atoms with Gasteiger partial charge < -0.3 is 97.6 Å². The van der Waals surface area contributed by atoms with Gasteiger partial charge in [-0.25, -0.2) is 0 Å². The zero-order valence-electron chi connectivity index (χ0n) is 48.6. The topological polar surface area (TPSA) is 482 Å². The normalized spacial score (nSPS) is 23.5. The third-order valence-electron chi connectivity index (χ3n) is 14.1. The van der Waals surface area contributed by atoms with Crippen molar-refractivity contribution in [2.24, 2.45) is 40.5 Å². The highest BCUT2D eigenvalue weighted by Gasteiger charge is 2.37. The molecular formula is C55H93N17O12. The second-order valence-corrected chi connectivity index (χ2v) is 21.5. The molecule has 1 aromatic rings. The van der Waals surface area contributed by atoms with Crippen molar-refractivity contribution in [2.75, 3.05) is 52.4 Å². The van der Waals surface area contributed by atoms with Crippen LogP contribution in [0.3, 0.4) is 0 Å². The van der Waals surface area contributed by atoms with Crippen molar-refractivity contribution in [3.05, 3.63) is 48.6 Å². The predicted molar refractivity (Wildman–Crippen MR) is 312 cm³/mol. The lowest BCUT2D eigenvalue weighted by molar-refractivity contribution is -0.136. The monoisotopic (exact) mass is 1180 g/mol. The van der Waals surface area contributed by atoms with E-state index in [1.165, 1.54) is 6.92 Å². The fraction of sp³-hybridized carbons (Fsp3) is 0.655. The van der Waals surface area contributed by atoms with E-state index in [2.05, 4.69) is 70.4 Å². The Morgan fingerprint density at radius 1 is 0.583 bits per heavy atom. The number of nitrogens with two attached hydrogens (primary N) is 5. The minimum absolute atomic E-state index is 0.0534. The highest BCUT2D eigenvalue weighted by molar-refractivity contribution is 5.99. The number of carbonyl (C=O) groups excluding carboxylic acids is 11. The first-order chi connectivity index (χ1) is 40.1. The van der Waals surface area contributed by atoms with Crippen LogP contribution in [0.25, 0.3) is 0 Å². The van der Waals surface area contributed by atoms with Crippen LogP contribution in [0, 0.1) is 11.8 Å². The van der Waals surface area contributed by atoms with Crippen LogP contribution in [0.5, 0.6) is 0 Å². The molecule has 2 heterocycles. The zero-order chi connectivity index (χ0) is 62.3. The van der Waals surface area contributed by atoms with Gasteiger partial charge in [-0.1, -0.05) is 50.3 Å². The van der Waals surface area contributed by atoms with Gasteiger partial charge in [-0.15, -0.1) is 6.58 Å². The molecule has 23 N–H and O–H groups in total. The summed E-state index contributed by atoms with van der Waals surface area (Å²) in [6.45, 7) is 9.05. The maximum atomic E-state index is 14.5. The molecule has 0 spiro atoms. The molecule has 0 radical (unpaired) electrons. The summed E-state index contributed by atoms with van der Waals surface area (Å²) in [5, 5.41) is 42.6. The summed E-state index contributed by atoms with van der Waals surface area (Å²) in [5.41, 5.74) is 29.9. The number of rotatable bonds is 26. The molecule has 2 aliphatic heterocycles. The van der Waals surface area contributed by atoms with E-state index in [0.29, 0.717) is 50.9 Å². The molecule has 0 saturated carbocycles. The van der Waals surface area contributed by atoms with Crippen LogP contribution in [0.4, 0.5) is 0 Å². The Hall–Kier alpha value is -7.15. The molecule has 11 atom stereocenters. The number of aliphatic hydroxyl groups excluding tert-OH is 1. The average molecular weight is 1180 g/mol. The molecule has 29 heteroatoms. The first-order valence-electron chi connectivity index (χ1n) is 29.0. The van der Waals surface area contributed by atoms with Crippen molar-refractivity contribution in [3.63, 3.8) is 0 Å². The maximum absolute atomic E-state index is 14.5. The van der Waals surface area contributed by atoms with Crippen molar-refractivity contribution in [2.45, 2.75) is 164 Å². The highest BCUT2D eigenvalue weighted by Crippen LogP contribution is 2.14. The number of carbonyl (C=O) groups is 11. The molecule has 2 saturated heterocycles. The fourth-order valence-electron chi connectivity index (χ4n) is 9.40. The van der Waals surface area contributed by atoms with E-state index < -0.39 is 139 Å². The smallest absolute Gasteiger partial charge is 0.247 e. The van der Waals surface area contributed by atoms with E-state index >= 15 is 0 Å². The fourth-order valence-corrected chi connectivity index (χ4v) is 9.40. The third-order valence-corrected chi connectivity index (χ3v) is 14.1. The Balaban J connectivity index is 2.07. The summed E-state index contributed by atoms with van der Waals surface area (Å²) in [7, 11) is 0. The van der Waals surface area contributed by atoms with Crippen molar-refractivity contribution in [1.29, 1.82) is 0 Å². The van der Waals surface area contributed by atoms with Crippen LogP contribution in [0.2, 0.25) is 0 Å². The number of nitrogens with one attached hydrogen (secondary N) is 12. The summed E-state index contributed by atoms with van der Waals surface area (Å²) in [6, 6.07) is -5.60. The Labute approximate surface area is 490 Å². The highest BCUT2D eigenvalue weighted by atomic mass is 16.3. The standard InChI is InChI=1S/C55H93N17O12/c1-5-35(63-47(76)36(13-9-10-21-56)64-45(74)34-18-26-61-27-19-34)46(75)65-37(14-22-57)49(78)69-41-20-28-62-55(84)44(32(4)73)72-52(81)40(17-25-60)67-48(77)38(15-23-58)68-53(82)42(29-31(2)3)70-54(83)43(30-33-11-7-6-8-12-33)71-50(79)39(16-24-59)66-51(41)80/h5-8,11-12,31-32,34-44,61,73H,1,9-10,13-30,56-60H2,2-4H3,(H,62,84)(H,63,76)(H,64,74)(H,65,75)(H,66,80)(H,67,77)(H,68,82)(H,69,78)(H,70,83)(H,71,79)(H,72,81)/t32?,35-,36-,37-,38-,39-,40-,41-,42-,43+,44-/m0/s1.